The predicted molar refractivity (Wildman–Crippen MR) is 133 cm³/mol. The minimum absolute atomic E-state index is 0.0220. The van der Waals surface area contributed by atoms with Crippen LogP contribution in [0.2, 0.25) is 5.02 Å². The number of para-hydroxylation sites is 1. The quantitative estimate of drug-likeness (QED) is 0.611. The molecular formula is C26H28ClN5O2. The van der Waals surface area contributed by atoms with Gasteiger partial charge < -0.3 is 15.1 Å². The number of aryl methyl sites for hydroxylation is 1. The van der Waals surface area contributed by atoms with Crippen LogP contribution in [0.25, 0.3) is 5.69 Å². The molecule has 0 radical (unpaired) electrons. The molecule has 0 bridgehead atoms. The highest BCUT2D eigenvalue weighted by atomic mass is 35.5. The molecule has 1 N–H and O–H groups in total. The number of amides is 2. The monoisotopic (exact) mass is 477 g/mol. The first-order chi connectivity index (χ1) is 16.5. The molecule has 8 heteroatoms. The number of carbonyl (C=O) groups is 2. The highest BCUT2D eigenvalue weighted by Gasteiger charge is 2.28. The van der Waals surface area contributed by atoms with Gasteiger partial charge in [-0.25, -0.2) is 4.68 Å². The molecule has 34 heavy (non-hydrogen) atoms. The third-order valence-electron chi connectivity index (χ3n) is 6.71. The first-order valence-corrected chi connectivity index (χ1v) is 12.1. The average Bonchev–Trinajstić information content (AvgIpc) is 3.47. The number of anilines is 1. The third-order valence-corrected chi connectivity index (χ3v) is 6.97. The summed E-state index contributed by atoms with van der Waals surface area (Å²) in [5.74, 6) is -0.349. The standard InChI is InChI=1S/C26H28ClN5O2/c1-18-5-2-3-7-22(18)32-23-8-4-6-21(23)25(29-32)26(34)28-17-24(33)31-15-13-30(14-16-31)20-11-9-19(27)10-12-20/h2-3,5,7,9-12H,4,6,8,13-17H2,1H3,(H,28,34). The molecule has 0 atom stereocenters. The Morgan fingerprint density at radius 1 is 1.00 bits per heavy atom. The van der Waals surface area contributed by atoms with Crippen LogP contribution in [0.15, 0.2) is 48.5 Å². The van der Waals surface area contributed by atoms with Crippen molar-refractivity contribution in [2.45, 2.75) is 26.2 Å². The summed E-state index contributed by atoms with van der Waals surface area (Å²) >= 11 is 5.98. The minimum atomic E-state index is -0.279. The fourth-order valence-electron chi connectivity index (χ4n) is 4.84. The maximum absolute atomic E-state index is 13.0. The van der Waals surface area contributed by atoms with Crippen LogP contribution in [-0.4, -0.2) is 59.2 Å². The Kier molecular flexibility index (Phi) is 6.28. The minimum Gasteiger partial charge on any atom is -0.368 e. The summed E-state index contributed by atoms with van der Waals surface area (Å²) in [5, 5.41) is 8.20. The number of piperazine rings is 1. The van der Waals surface area contributed by atoms with Crippen molar-refractivity contribution in [1.82, 2.24) is 20.0 Å². The molecule has 2 aromatic carbocycles. The summed E-state index contributed by atoms with van der Waals surface area (Å²) in [4.78, 5) is 29.8. The van der Waals surface area contributed by atoms with Crippen LogP contribution in [0, 0.1) is 6.92 Å². The van der Waals surface area contributed by atoms with E-state index in [2.05, 4.69) is 15.3 Å². The Morgan fingerprint density at radius 2 is 1.74 bits per heavy atom. The summed E-state index contributed by atoms with van der Waals surface area (Å²) in [7, 11) is 0. The zero-order chi connectivity index (χ0) is 23.7. The Morgan fingerprint density at radius 3 is 2.47 bits per heavy atom. The number of aromatic nitrogens is 2. The van der Waals surface area contributed by atoms with E-state index in [4.69, 9.17) is 11.6 Å². The van der Waals surface area contributed by atoms with E-state index < -0.39 is 0 Å². The molecule has 2 aliphatic rings. The number of fused-ring (bicyclic) bond motifs is 1. The normalized spacial score (nSPS) is 15.4. The number of hydrogen-bond donors (Lipinski definition) is 1. The largest absolute Gasteiger partial charge is 0.368 e. The van der Waals surface area contributed by atoms with Gasteiger partial charge in [-0.05, 0) is 62.1 Å². The summed E-state index contributed by atoms with van der Waals surface area (Å²) in [6.07, 6.45) is 2.75. The second-order valence-corrected chi connectivity index (χ2v) is 9.29. The van der Waals surface area contributed by atoms with Gasteiger partial charge in [0.1, 0.15) is 0 Å². The fourth-order valence-corrected chi connectivity index (χ4v) is 4.96. The van der Waals surface area contributed by atoms with Gasteiger partial charge >= 0.3 is 0 Å². The molecule has 0 spiro atoms. The number of nitrogens with one attached hydrogen (secondary N) is 1. The topological polar surface area (TPSA) is 70.5 Å². The van der Waals surface area contributed by atoms with Crippen LogP contribution in [0.5, 0.6) is 0 Å². The molecule has 1 aromatic heterocycles. The lowest BCUT2D eigenvalue weighted by atomic mass is 10.2. The van der Waals surface area contributed by atoms with Crippen LogP contribution in [0.1, 0.15) is 33.7 Å². The molecule has 7 nitrogen and oxygen atoms in total. The summed E-state index contributed by atoms with van der Waals surface area (Å²) in [5.41, 5.74) is 5.75. The Balaban J connectivity index is 1.21. The van der Waals surface area contributed by atoms with Crippen molar-refractivity contribution < 1.29 is 9.59 Å². The van der Waals surface area contributed by atoms with E-state index in [1.165, 1.54) is 0 Å². The van der Waals surface area contributed by atoms with E-state index in [0.717, 1.165) is 60.5 Å². The molecule has 1 saturated heterocycles. The molecule has 0 unspecified atom stereocenters. The van der Waals surface area contributed by atoms with Gasteiger partial charge in [-0.3, -0.25) is 9.59 Å². The number of hydrogen-bond acceptors (Lipinski definition) is 4. The third kappa shape index (κ3) is 4.40. The van der Waals surface area contributed by atoms with Crippen molar-refractivity contribution in [2.24, 2.45) is 0 Å². The van der Waals surface area contributed by atoms with Gasteiger partial charge in [-0.15, -0.1) is 0 Å². The molecule has 176 valence electrons. The van der Waals surface area contributed by atoms with Gasteiger partial charge in [0, 0.05) is 48.1 Å². The van der Waals surface area contributed by atoms with E-state index in [-0.39, 0.29) is 18.4 Å². The highest BCUT2D eigenvalue weighted by molar-refractivity contribution is 6.30. The van der Waals surface area contributed by atoms with Gasteiger partial charge in [0.2, 0.25) is 5.91 Å². The van der Waals surface area contributed by atoms with Gasteiger partial charge in [0.15, 0.2) is 5.69 Å². The molecular weight excluding hydrogens is 450 g/mol. The zero-order valence-electron chi connectivity index (χ0n) is 19.3. The Hall–Kier alpha value is -3.32. The van der Waals surface area contributed by atoms with Crippen LogP contribution < -0.4 is 10.2 Å². The van der Waals surface area contributed by atoms with Crippen molar-refractivity contribution in [3.8, 4) is 5.69 Å². The lowest BCUT2D eigenvalue weighted by molar-refractivity contribution is -0.130. The lowest BCUT2D eigenvalue weighted by Gasteiger charge is -2.36. The van der Waals surface area contributed by atoms with Gasteiger partial charge in [-0.2, -0.15) is 5.10 Å². The summed E-state index contributed by atoms with van der Waals surface area (Å²) in [6, 6.07) is 15.8. The average molecular weight is 478 g/mol. The predicted octanol–water partition coefficient (Wildman–Crippen LogP) is 3.40. The Labute approximate surface area is 204 Å². The van der Waals surface area contributed by atoms with E-state index in [1.807, 2.05) is 65.0 Å². The zero-order valence-corrected chi connectivity index (χ0v) is 20.0. The van der Waals surface area contributed by atoms with E-state index >= 15 is 0 Å². The van der Waals surface area contributed by atoms with Gasteiger partial charge in [0.25, 0.3) is 5.91 Å². The number of carbonyl (C=O) groups excluding carboxylic acids is 2. The Bertz CT molecular complexity index is 1210. The van der Waals surface area contributed by atoms with Crippen LogP contribution in [-0.2, 0) is 17.6 Å². The molecule has 1 fully saturated rings. The van der Waals surface area contributed by atoms with Crippen LogP contribution >= 0.6 is 11.6 Å². The first-order valence-electron chi connectivity index (χ1n) is 11.7. The molecule has 0 saturated carbocycles. The molecule has 1 aliphatic carbocycles. The summed E-state index contributed by atoms with van der Waals surface area (Å²) in [6.45, 7) is 4.75. The van der Waals surface area contributed by atoms with Gasteiger partial charge in [-0.1, -0.05) is 29.8 Å². The second-order valence-electron chi connectivity index (χ2n) is 8.85. The van der Waals surface area contributed by atoms with E-state index in [1.54, 1.807) is 0 Å². The van der Waals surface area contributed by atoms with E-state index in [9.17, 15) is 9.59 Å². The van der Waals surface area contributed by atoms with Crippen molar-refractivity contribution in [3.63, 3.8) is 0 Å². The van der Waals surface area contributed by atoms with Crippen molar-refractivity contribution in [3.05, 3.63) is 76.1 Å². The van der Waals surface area contributed by atoms with Gasteiger partial charge in [0.05, 0.1) is 12.2 Å². The SMILES string of the molecule is Cc1ccccc1-n1nc(C(=O)NCC(=O)N2CCN(c3ccc(Cl)cc3)CC2)c2c1CCC2. The smallest absolute Gasteiger partial charge is 0.272 e. The number of nitrogens with zero attached hydrogens (tertiary/aromatic N) is 4. The van der Waals surface area contributed by atoms with Crippen LogP contribution in [0.4, 0.5) is 5.69 Å². The maximum atomic E-state index is 13.0. The van der Waals surface area contributed by atoms with E-state index in [0.29, 0.717) is 23.8 Å². The highest BCUT2D eigenvalue weighted by Crippen LogP contribution is 2.29. The molecule has 3 aromatic rings. The van der Waals surface area contributed by atoms with Crippen molar-refractivity contribution >= 4 is 29.1 Å². The number of halogens is 1. The summed E-state index contributed by atoms with van der Waals surface area (Å²) < 4.78 is 1.91. The fraction of sp³-hybridized carbons (Fsp3) is 0.346. The van der Waals surface area contributed by atoms with Crippen molar-refractivity contribution in [2.75, 3.05) is 37.6 Å². The molecule has 2 heterocycles. The van der Waals surface area contributed by atoms with Crippen molar-refractivity contribution in [1.29, 1.82) is 0 Å². The lowest BCUT2D eigenvalue weighted by Crippen LogP contribution is -2.51. The molecule has 1 aliphatic heterocycles. The first kappa shape index (κ1) is 22.5. The molecule has 2 amide bonds. The molecule has 5 rings (SSSR count). The second kappa shape index (κ2) is 9.50. The number of rotatable bonds is 5. The number of benzene rings is 2. The maximum Gasteiger partial charge on any atom is 0.272 e. The van der Waals surface area contributed by atoms with Crippen LogP contribution in [0.3, 0.4) is 0 Å².